The number of rotatable bonds is 7. The van der Waals surface area contributed by atoms with Crippen molar-refractivity contribution in [1.82, 2.24) is 9.88 Å². The van der Waals surface area contributed by atoms with Crippen molar-refractivity contribution in [2.24, 2.45) is 11.8 Å². The second-order valence-electron chi connectivity index (χ2n) is 8.98. The average Bonchev–Trinajstić information content (AvgIpc) is 2.88. The van der Waals surface area contributed by atoms with Gasteiger partial charge in [-0.05, 0) is 79.8 Å². The van der Waals surface area contributed by atoms with E-state index in [4.69, 9.17) is 4.74 Å². The van der Waals surface area contributed by atoms with Gasteiger partial charge in [0.1, 0.15) is 23.6 Å². The Morgan fingerprint density at radius 3 is 2.86 bits per heavy atom. The van der Waals surface area contributed by atoms with Crippen molar-refractivity contribution in [3.63, 3.8) is 0 Å². The lowest BCUT2D eigenvalue weighted by molar-refractivity contribution is -0.146. The number of piperidine rings is 1. The molecule has 1 aliphatic rings. The van der Waals surface area contributed by atoms with Crippen LogP contribution in [0.3, 0.4) is 0 Å². The molecule has 8 heteroatoms. The van der Waals surface area contributed by atoms with E-state index in [1.807, 2.05) is 4.90 Å². The number of likely N-dealkylation sites (tertiary alicyclic amines) is 1. The summed E-state index contributed by atoms with van der Waals surface area (Å²) in [7, 11) is 1.55. The predicted molar refractivity (Wildman–Crippen MR) is 130 cm³/mol. The van der Waals surface area contributed by atoms with Gasteiger partial charge in [-0.15, -0.1) is 0 Å². The van der Waals surface area contributed by atoms with Crippen molar-refractivity contribution in [2.75, 3.05) is 26.7 Å². The van der Waals surface area contributed by atoms with E-state index in [0.717, 1.165) is 18.2 Å². The van der Waals surface area contributed by atoms with Crippen LogP contribution in [0.15, 0.2) is 48.7 Å². The summed E-state index contributed by atoms with van der Waals surface area (Å²) in [4.78, 5) is 18.2. The first-order valence-electron chi connectivity index (χ1n) is 11.8. The van der Waals surface area contributed by atoms with Crippen LogP contribution in [0.4, 0.5) is 13.2 Å². The standard InChI is InChI=1S/C28H27F3N2O3/c1-36-21-6-9-27-23(16-21)22(10-12-32-27)26(31)7-4-18-11-14-33(17-24(18)28(34)35)13-2-3-19-15-20(29)5-8-25(19)30/h5-6,8-10,12,15-16,18,24,26H,4,7,11,13-14,17H2,1H3,(H,34,35)/t18-,24+,26?/m1/s1. The summed E-state index contributed by atoms with van der Waals surface area (Å²) in [5.41, 5.74) is 1.16. The number of benzene rings is 2. The second kappa shape index (κ2) is 11.4. The maximum atomic E-state index is 15.3. The highest BCUT2D eigenvalue weighted by Crippen LogP contribution is 2.35. The number of aliphatic carboxylic acids is 1. The molecule has 1 unspecified atom stereocenters. The second-order valence-corrected chi connectivity index (χ2v) is 8.98. The lowest BCUT2D eigenvalue weighted by Crippen LogP contribution is -2.44. The molecule has 0 spiro atoms. The van der Waals surface area contributed by atoms with Crippen LogP contribution in [-0.4, -0.2) is 47.7 Å². The van der Waals surface area contributed by atoms with E-state index in [9.17, 15) is 18.7 Å². The Morgan fingerprint density at radius 2 is 2.08 bits per heavy atom. The number of halogens is 3. The van der Waals surface area contributed by atoms with Crippen LogP contribution in [0.5, 0.6) is 5.75 Å². The van der Waals surface area contributed by atoms with Gasteiger partial charge >= 0.3 is 5.97 Å². The summed E-state index contributed by atoms with van der Waals surface area (Å²) < 4.78 is 47.7. The Balaban J connectivity index is 1.38. The van der Waals surface area contributed by atoms with Gasteiger partial charge < -0.3 is 9.84 Å². The Kier molecular flexibility index (Phi) is 8.11. The Morgan fingerprint density at radius 1 is 1.25 bits per heavy atom. The zero-order valence-electron chi connectivity index (χ0n) is 19.9. The third-order valence-electron chi connectivity index (χ3n) is 6.72. The minimum Gasteiger partial charge on any atom is -0.497 e. The van der Waals surface area contributed by atoms with Crippen molar-refractivity contribution in [2.45, 2.75) is 25.4 Å². The van der Waals surface area contributed by atoms with Gasteiger partial charge in [0.2, 0.25) is 0 Å². The molecule has 2 heterocycles. The van der Waals surface area contributed by atoms with E-state index < -0.39 is 29.7 Å². The first-order valence-corrected chi connectivity index (χ1v) is 11.8. The molecule has 3 atom stereocenters. The smallest absolute Gasteiger partial charge is 0.308 e. The van der Waals surface area contributed by atoms with Crippen LogP contribution in [0.25, 0.3) is 10.9 Å². The molecule has 1 saturated heterocycles. The van der Waals surface area contributed by atoms with E-state index in [1.165, 1.54) is 0 Å². The quantitative estimate of drug-likeness (QED) is 0.445. The zero-order chi connectivity index (χ0) is 25.7. The highest BCUT2D eigenvalue weighted by atomic mass is 19.1. The van der Waals surface area contributed by atoms with Crippen molar-refractivity contribution in [3.8, 4) is 17.6 Å². The van der Waals surface area contributed by atoms with E-state index in [-0.39, 0.29) is 31.0 Å². The summed E-state index contributed by atoms with van der Waals surface area (Å²) in [5, 5.41) is 10.5. The number of ether oxygens (including phenoxy) is 1. The third-order valence-corrected chi connectivity index (χ3v) is 6.72. The number of methoxy groups -OCH3 is 1. The molecule has 4 rings (SSSR count). The highest BCUT2D eigenvalue weighted by molar-refractivity contribution is 5.83. The normalized spacial score (nSPS) is 18.9. The maximum Gasteiger partial charge on any atom is 0.308 e. The van der Waals surface area contributed by atoms with Gasteiger partial charge in [0.25, 0.3) is 0 Å². The Labute approximate surface area is 207 Å². The highest BCUT2D eigenvalue weighted by Gasteiger charge is 2.34. The number of carbonyl (C=O) groups is 1. The molecule has 0 amide bonds. The monoisotopic (exact) mass is 496 g/mol. The molecular weight excluding hydrogens is 469 g/mol. The van der Waals surface area contributed by atoms with Gasteiger partial charge in [-0.25, -0.2) is 13.2 Å². The van der Waals surface area contributed by atoms with Gasteiger partial charge in [0, 0.05) is 18.1 Å². The third kappa shape index (κ3) is 5.97. The van der Waals surface area contributed by atoms with Crippen LogP contribution >= 0.6 is 0 Å². The van der Waals surface area contributed by atoms with Crippen molar-refractivity contribution >= 4 is 16.9 Å². The van der Waals surface area contributed by atoms with Crippen molar-refractivity contribution in [1.29, 1.82) is 0 Å². The maximum absolute atomic E-state index is 15.3. The summed E-state index contributed by atoms with van der Waals surface area (Å²) in [6, 6.07) is 10.1. The molecule has 36 heavy (non-hydrogen) atoms. The van der Waals surface area contributed by atoms with Crippen molar-refractivity contribution < 1.29 is 27.8 Å². The molecule has 1 aromatic heterocycles. The fourth-order valence-electron chi connectivity index (χ4n) is 4.74. The molecule has 0 radical (unpaired) electrons. The molecular formula is C28H27F3N2O3. The summed E-state index contributed by atoms with van der Waals surface area (Å²) >= 11 is 0. The molecule has 0 aliphatic carbocycles. The minimum absolute atomic E-state index is 0.0325. The van der Waals surface area contributed by atoms with Gasteiger partial charge in [0.15, 0.2) is 0 Å². The number of hydrogen-bond donors (Lipinski definition) is 1. The Bertz CT molecular complexity index is 1300. The summed E-state index contributed by atoms with van der Waals surface area (Å²) in [6.45, 7) is 1.11. The number of hydrogen-bond acceptors (Lipinski definition) is 4. The number of carboxylic acids is 1. The number of alkyl halides is 1. The molecule has 1 fully saturated rings. The topological polar surface area (TPSA) is 62.7 Å². The molecule has 0 saturated carbocycles. The average molecular weight is 497 g/mol. The predicted octanol–water partition coefficient (Wildman–Crippen LogP) is 5.39. The van der Waals surface area contributed by atoms with Gasteiger partial charge in [-0.3, -0.25) is 14.7 Å². The van der Waals surface area contributed by atoms with Gasteiger partial charge in [0.05, 0.1) is 30.7 Å². The fraction of sp³-hybridized carbons (Fsp3) is 0.357. The van der Waals surface area contributed by atoms with E-state index in [1.54, 1.807) is 37.6 Å². The number of fused-ring (bicyclic) bond motifs is 1. The van der Waals surface area contributed by atoms with E-state index in [0.29, 0.717) is 41.6 Å². The SMILES string of the molecule is COc1ccc2nccc(C(F)CC[C@@H]3CCN(CC#Cc4cc(F)ccc4F)C[C@@H]3C(=O)O)c2c1. The molecule has 3 aromatic rings. The number of nitrogens with zero attached hydrogens (tertiary/aromatic N) is 2. The number of aromatic nitrogens is 1. The number of pyridine rings is 1. The summed E-state index contributed by atoms with van der Waals surface area (Å²) in [5.74, 6) is 3.11. The first-order chi connectivity index (χ1) is 17.4. The molecule has 2 aromatic carbocycles. The van der Waals surface area contributed by atoms with E-state index in [2.05, 4.69) is 16.8 Å². The van der Waals surface area contributed by atoms with Crippen LogP contribution in [0, 0.1) is 35.3 Å². The number of carboxylic acid groups (broad SMARTS) is 1. The van der Waals surface area contributed by atoms with Crippen molar-refractivity contribution in [3.05, 3.63) is 71.4 Å². The fourth-order valence-corrected chi connectivity index (χ4v) is 4.74. The Hall–Kier alpha value is -3.57. The summed E-state index contributed by atoms with van der Waals surface area (Å²) in [6.07, 6.45) is 1.53. The van der Waals surface area contributed by atoms with Crippen LogP contribution < -0.4 is 4.74 Å². The minimum atomic E-state index is -1.26. The van der Waals surface area contributed by atoms with Gasteiger partial charge in [-0.1, -0.05) is 11.8 Å². The van der Waals surface area contributed by atoms with Crippen LogP contribution in [0.1, 0.15) is 36.6 Å². The lowest BCUT2D eigenvalue weighted by atomic mass is 9.81. The lowest BCUT2D eigenvalue weighted by Gasteiger charge is -2.35. The molecule has 188 valence electrons. The van der Waals surface area contributed by atoms with Crippen LogP contribution in [-0.2, 0) is 4.79 Å². The largest absolute Gasteiger partial charge is 0.497 e. The molecule has 1 aliphatic heterocycles. The molecule has 1 N–H and O–H groups in total. The zero-order valence-corrected chi connectivity index (χ0v) is 19.9. The van der Waals surface area contributed by atoms with Gasteiger partial charge in [-0.2, -0.15) is 0 Å². The molecule has 0 bridgehead atoms. The first kappa shape index (κ1) is 25.5. The van der Waals surface area contributed by atoms with Crippen LogP contribution in [0.2, 0.25) is 0 Å². The van der Waals surface area contributed by atoms with E-state index >= 15 is 4.39 Å². The molecule has 5 nitrogen and oxygen atoms in total.